The number of urea groups is 1. The summed E-state index contributed by atoms with van der Waals surface area (Å²) < 4.78 is 5.08. The molecule has 1 aliphatic rings. The quantitative estimate of drug-likeness (QED) is 0.918. The van der Waals surface area contributed by atoms with Crippen molar-refractivity contribution in [3.05, 3.63) is 35.4 Å². The van der Waals surface area contributed by atoms with Crippen LogP contribution >= 0.6 is 0 Å². The van der Waals surface area contributed by atoms with Crippen LogP contribution in [0, 0.1) is 5.92 Å². The van der Waals surface area contributed by atoms with Gasteiger partial charge in [-0.1, -0.05) is 31.2 Å². The molecular formula is C16H24N2O2. The standard InChI is InChI=1S/C16H24N2O2/c1-13-4-3-9-18(11-13)16(19)17-10-14-5-7-15(8-6-14)12-20-2/h5-8,13H,3-4,9-12H2,1-2H3,(H,17,19). The summed E-state index contributed by atoms with van der Waals surface area (Å²) in [6.07, 6.45) is 2.34. The van der Waals surface area contributed by atoms with E-state index in [0.29, 0.717) is 19.1 Å². The fourth-order valence-corrected chi connectivity index (χ4v) is 2.58. The van der Waals surface area contributed by atoms with Gasteiger partial charge < -0.3 is 15.0 Å². The molecule has 1 aliphatic heterocycles. The summed E-state index contributed by atoms with van der Waals surface area (Å²) in [5.74, 6) is 0.614. The maximum absolute atomic E-state index is 12.1. The molecule has 0 saturated carbocycles. The van der Waals surface area contributed by atoms with E-state index in [2.05, 4.69) is 12.2 Å². The number of hydrogen-bond donors (Lipinski definition) is 1. The summed E-state index contributed by atoms with van der Waals surface area (Å²) in [5, 5.41) is 3.00. The Labute approximate surface area is 121 Å². The normalized spacial score (nSPS) is 18.9. The number of likely N-dealkylation sites (tertiary alicyclic amines) is 1. The maximum atomic E-state index is 12.1. The fourth-order valence-electron chi connectivity index (χ4n) is 2.58. The van der Waals surface area contributed by atoms with Crippen LogP contribution in [0.25, 0.3) is 0 Å². The highest BCUT2D eigenvalue weighted by molar-refractivity contribution is 5.74. The maximum Gasteiger partial charge on any atom is 0.317 e. The van der Waals surface area contributed by atoms with Crippen molar-refractivity contribution in [3.63, 3.8) is 0 Å². The highest BCUT2D eigenvalue weighted by atomic mass is 16.5. The molecule has 1 N–H and O–H groups in total. The molecule has 0 aliphatic carbocycles. The largest absolute Gasteiger partial charge is 0.380 e. The van der Waals surface area contributed by atoms with Gasteiger partial charge >= 0.3 is 6.03 Å². The van der Waals surface area contributed by atoms with Crippen molar-refractivity contribution >= 4 is 6.03 Å². The van der Waals surface area contributed by atoms with Crippen LogP contribution in [-0.4, -0.2) is 31.1 Å². The summed E-state index contributed by atoms with van der Waals surface area (Å²) in [6, 6.07) is 8.19. The van der Waals surface area contributed by atoms with Crippen LogP contribution in [0.4, 0.5) is 4.79 Å². The minimum atomic E-state index is 0.0533. The SMILES string of the molecule is COCc1ccc(CNC(=O)N2CCCC(C)C2)cc1. The van der Waals surface area contributed by atoms with E-state index in [-0.39, 0.29) is 6.03 Å². The molecular weight excluding hydrogens is 252 g/mol. The lowest BCUT2D eigenvalue weighted by molar-refractivity contribution is 0.169. The van der Waals surface area contributed by atoms with E-state index in [4.69, 9.17) is 4.74 Å². The van der Waals surface area contributed by atoms with Crippen molar-refractivity contribution in [1.29, 1.82) is 0 Å². The number of rotatable bonds is 4. The monoisotopic (exact) mass is 276 g/mol. The second kappa shape index (κ2) is 7.29. The van der Waals surface area contributed by atoms with Crippen LogP contribution < -0.4 is 5.32 Å². The van der Waals surface area contributed by atoms with Crippen molar-refractivity contribution < 1.29 is 9.53 Å². The predicted molar refractivity (Wildman–Crippen MR) is 79.4 cm³/mol. The van der Waals surface area contributed by atoms with Gasteiger partial charge in [-0.15, -0.1) is 0 Å². The van der Waals surface area contributed by atoms with Crippen molar-refractivity contribution in [3.8, 4) is 0 Å². The number of ether oxygens (including phenoxy) is 1. The Morgan fingerprint density at radius 3 is 2.70 bits per heavy atom. The molecule has 1 unspecified atom stereocenters. The molecule has 110 valence electrons. The number of benzene rings is 1. The third kappa shape index (κ3) is 4.23. The van der Waals surface area contributed by atoms with Crippen LogP contribution in [0.1, 0.15) is 30.9 Å². The second-order valence-corrected chi connectivity index (χ2v) is 5.60. The van der Waals surface area contributed by atoms with Crippen LogP contribution in [0.15, 0.2) is 24.3 Å². The zero-order valence-electron chi connectivity index (χ0n) is 12.4. The minimum Gasteiger partial charge on any atom is -0.380 e. The van der Waals surface area contributed by atoms with Gasteiger partial charge in [-0.25, -0.2) is 4.79 Å². The number of nitrogens with one attached hydrogen (secondary N) is 1. The van der Waals surface area contributed by atoms with Crippen molar-refractivity contribution in [1.82, 2.24) is 10.2 Å². The molecule has 2 amide bonds. The van der Waals surface area contributed by atoms with Gasteiger partial charge in [0.1, 0.15) is 0 Å². The molecule has 1 fully saturated rings. The van der Waals surface area contributed by atoms with Gasteiger partial charge in [0.05, 0.1) is 6.61 Å². The number of hydrogen-bond acceptors (Lipinski definition) is 2. The highest BCUT2D eigenvalue weighted by Gasteiger charge is 2.20. The highest BCUT2D eigenvalue weighted by Crippen LogP contribution is 2.15. The van der Waals surface area contributed by atoms with E-state index < -0.39 is 0 Å². The van der Waals surface area contributed by atoms with Gasteiger partial charge in [0, 0.05) is 26.7 Å². The zero-order chi connectivity index (χ0) is 14.4. The lowest BCUT2D eigenvalue weighted by atomic mass is 10.0. The summed E-state index contributed by atoms with van der Waals surface area (Å²) in [7, 11) is 1.69. The number of amides is 2. The number of nitrogens with zero attached hydrogens (tertiary/aromatic N) is 1. The van der Waals surface area contributed by atoms with E-state index in [0.717, 1.165) is 30.6 Å². The smallest absolute Gasteiger partial charge is 0.317 e. The fraction of sp³-hybridized carbons (Fsp3) is 0.562. The van der Waals surface area contributed by atoms with Crippen molar-refractivity contribution in [2.45, 2.75) is 32.9 Å². The summed E-state index contributed by atoms with van der Waals surface area (Å²) in [4.78, 5) is 14.0. The third-order valence-electron chi connectivity index (χ3n) is 3.72. The van der Waals surface area contributed by atoms with E-state index in [1.807, 2.05) is 29.2 Å². The summed E-state index contributed by atoms with van der Waals surface area (Å²) in [5.41, 5.74) is 2.26. The first kappa shape index (κ1) is 14.9. The van der Waals surface area contributed by atoms with Crippen molar-refractivity contribution in [2.24, 2.45) is 5.92 Å². The van der Waals surface area contributed by atoms with E-state index in [1.54, 1.807) is 7.11 Å². The molecule has 0 radical (unpaired) electrons. The minimum absolute atomic E-state index is 0.0533. The summed E-state index contributed by atoms with van der Waals surface area (Å²) >= 11 is 0. The topological polar surface area (TPSA) is 41.6 Å². The van der Waals surface area contributed by atoms with Gasteiger partial charge in [-0.3, -0.25) is 0 Å². The number of piperidine rings is 1. The Hall–Kier alpha value is -1.55. The molecule has 1 heterocycles. The zero-order valence-corrected chi connectivity index (χ0v) is 12.4. The molecule has 0 aromatic heterocycles. The average molecular weight is 276 g/mol. The predicted octanol–water partition coefficient (Wildman–Crippen LogP) is 2.77. The Bertz CT molecular complexity index is 431. The van der Waals surface area contributed by atoms with E-state index >= 15 is 0 Å². The third-order valence-corrected chi connectivity index (χ3v) is 3.72. The second-order valence-electron chi connectivity index (χ2n) is 5.60. The summed E-state index contributed by atoms with van der Waals surface area (Å²) in [6.45, 7) is 5.16. The lowest BCUT2D eigenvalue weighted by Gasteiger charge is -2.30. The molecule has 1 saturated heterocycles. The average Bonchev–Trinajstić information content (AvgIpc) is 2.46. The van der Waals surface area contributed by atoms with Crippen LogP contribution in [0.3, 0.4) is 0 Å². The Morgan fingerprint density at radius 2 is 2.05 bits per heavy atom. The van der Waals surface area contributed by atoms with Crippen LogP contribution in [0.2, 0.25) is 0 Å². The van der Waals surface area contributed by atoms with Gasteiger partial charge in [-0.05, 0) is 29.9 Å². The van der Waals surface area contributed by atoms with E-state index in [1.165, 1.54) is 6.42 Å². The van der Waals surface area contributed by atoms with Crippen LogP contribution in [-0.2, 0) is 17.9 Å². The molecule has 4 heteroatoms. The van der Waals surface area contributed by atoms with Gasteiger partial charge in [0.15, 0.2) is 0 Å². The first-order valence-electron chi connectivity index (χ1n) is 7.28. The van der Waals surface area contributed by atoms with Gasteiger partial charge in [0.25, 0.3) is 0 Å². The molecule has 2 rings (SSSR count). The first-order valence-corrected chi connectivity index (χ1v) is 7.28. The Kier molecular flexibility index (Phi) is 5.41. The van der Waals surface area contributed by atoms with Gasteiger partial charge in [0.2, 0.25) is 0 Å². The molecule has 1 aromatic carbocycles. The Morgan fingerprint density at radius 1 is 1.35 bits per heavy atom. The molecule has 20 heavy (non-hydrogen) atoms. The lowest BCUT2D eigenvalue weighted by Crippen LogP contribution is -2.44. The molecule has 0 spiro atoms. The van der Waals surface area contributed by atoms with Crippen molar-refractivity contribution in [2.75, 3.05) is 20.2 Å². The molecule has 1 aromatic rings. The van der Waals surface area contributed by atoms with E-state index in [9.17, 15) is 4.79 Å². The first-order chi connectivity index (χ1) is 9.69. The Balaban J connectivity index is 1.80. The number of methoxy groups -OCH3 is 1. The number of carbonyl (C=O) groups excluding carboxylic acids is 1. The number of carbonyl (C=O) groups is 1. The molecule has 4 nitrogen and oxygen atoms in total. The van der Waals surface area contributed by atoms with Gasteiger partial charge in [-0.2, -0.15) is 0 Å². The molecule has 0 bridgehead atoms. The van der Waals surface area contributed by atoms with Crippen LogP contribution in [0.5, 0.6) is 0 Å². The molecule has 1 atom stereocenters.